The fourth-order valence-corrected chi connectivity index (χ4v) is 1.50. The van der Waals surface area contributed by atoms with Gasteiger partial charge in [-0.15, -0.1) is 0 Å². The Labute approximate surface area is 85.8 Å². The maximum Gasteiger partial charge on any atom is 0.119 e. The molecule has 0 fully saturated rings. The van der Waals surface area contributed by atoms with Crippen molar-refractivity contribution >= 4 is 0 Å². The van der Waals surface area contributed by atoms with Gasteiger partial charge in [0.2, 0.25) is 0 Å². The van der Waals surface area contributed by atoms with Crippen molar-refractivity contribution in [3.63, 3.8) is 0 Å². The van der Waals surface area contributed by atoms with Gasteiger partial charge in [0.1, 0.15) is 5.75 Å². The Morgan fingerprint density at radius 1 is 1.36 bits per heavy atom. The number of rotatable bonds is 3. The minimum Gasteiger partial charge on any atom is -0.508 e. The third-order valence-electron chi connectivity index (χ3n) is 2.54. The lowest BCUT2D eigenvalue weighted by atomic mass is 9.96. The van der Waals surface area contributed by atoms with Crippen LogP contribution in [-0.4, -0.2) is 5.11 Å². The van der Waals surface area contributed by atoms with Crippen molar-refractivity contribution in [1.29, 1.82) is 0 Å². The molecule has 1 aromatic carbocycles. The molecule has 0 aliphatic heterocycles. The molecule has 0 aliphatic carbocycles. The summed E-state index contributed by atoms with van der Waals surface area (Å²) >= 11 is 0. The second-order valence-electron chi connectivity index (χ2n) is 3.99. The van der Waals surface area contributed by atoms with E-state index in [2.05, 4.69) is 20.8 Å². The molecule has 1 unspecified atom stereocenters. The Morgan fingerprint density at radius 3 is 2.50 bits per heavy atom. The number of aromatic hydroxyl groups is 1. The maximum absolute atomic E-state index is 9.62. The van der Waals surface area contributed by atoms with Crippen LogP contribution in [0, 0.1) is 0 Å². The summed E-state index contributed by atoms with van der Waals surface area (Å²) in [7, 11) is 0. The van der Waals surface area contributed by atoms with E-state index in [4.69, 9.17) is 5.73 Å². The molecule has 0 spiro atoms. The van der Waals surface area contributed by atoms with E-state index in [-0.39, 0.29) is 6.04 Å². The Bertz CT molecular complexity index is 307. The molecule has 2 heteroatoms. The SMILES string of the molecule is CCC(N)c1ccc(O)c(C(C)C)c1. The average molecular weight is 193 g/mol. The maximum atomic E-state index is 9.62. The fraction of sp³-hybridized carbons (Fsp3) is 0.500. The molecule has 0 aromatic heterocycles. The van der Waals surface area contributed by atoms with Crippen LogP contribution in [0.2, 0.25) is 0 Å². The van der Waals surface area contributed by atoms with E-state index < -0.39 is 0 Å². The zero-order valence-corrected chi connectivity index (χ0v) is 9.12. The van der Waals surface area contributed by atoms with Gasteiger partial charge in [0.15, 0.2) is 0 Å². The molecule has 0 amide bonds. The first-order chi connectivity index (χ1) is 6.56. The van der Waals surface area contributed by atoms with Crippen LogP contribution in [0.5, 0.6) is 5.75 Å². The van der Waals surface area contributed by atoms with Crippen LogP contribution in [-0.2, 0) is 0 Å². The molecule has 1 rings (SSSR count). The lowest BCUT2D eigenvalue weighted by Gasteiger charge is -2.14. The van der Waals surface area contributed by atoms with Crippen LogP contribution < -0.4 is 5.73 Å². The molecule has 0 heterocycles. The summed E-state index contributed by atoms with van der Waals surface area (Å²) in [6.45, 7) is 6.19. The van der Waals surface area contributed by atoms with Crippen LogP contribution in [0.25, 0.3) is 0 Å². The van der Waals surface area contributed by atoms with Crippen LogP contribution >= 0.6 is 0 Å². The molecule has 0 saturated heterocycles. The molecule has 2 nitrogen and oxygen atoms in total. The molecule has 3 N–H and O–H groups in total. The average Bonchev–Trinajstić information content (AvgIpc) is 2.17. The zero-order chi connectivity index (χ0) is 10.7. The molecule has 14 heavy (non-hydrogen) atoms. The van der Waals surface area contributed by atoms with Gasteiger partial charge in [-0.25, -0.2) is 0 Å². The van der Waals surface area contributed by atoms with E-state index in [1.165, 1.54) is 0 Å². The second-order valence-corrected chi connectivity index (χ2v) is 3.99. The lowest BCUT2D eigenvalue weighted by molar-refractivity contribution is 0.464. The topological polar surface area (TPSA) is 46.2 Å². The van der Waals surface area contributed by atoms with Gasteiger partial charge in [-0.1, -0.05) is 32.9 Å². The van der Waals surface area contributed by atoms with Gasteiger partial charge < -0.3 is 10.8 Å². The molecule has 78 valence electrons. The predicted molar refractivity (Wildman–Crippen MR) is 59.4 cm³/mol. The summed E-state index contributed by atoms with van der Waals surface area (Å²) in [5, 5.41) is 9.62. The third kappa shape index (κ3) is 2.26. The largest absolute Gasteiger partial charge is 0.508 e. The van der Waals surface area contributed by atoms with Gasteiger partial charge in [-0.3, -0.25) is 0 Å². The first kappa shape index (κ1) is 11.1. The van der Waals surface area contributed by atoms with Crippen molar-refractivity contribution in [2.45, 2.75) is 39.2 Å². The Hall–Kier alpha value is -1.02. The van der Waals surface area contributed by atoms with Crippen molar-refractivity contribution in [3.05, 3.63) is 29.3 Å². The zero-order valence-electron chi connectivity index (χ0n) is 9.12. The first-order valence-electron chi connectivity index (χ1n) is 5.14. The van der Waals surface area contributed by atoms with Crippen LogP contribution in [0.3, 0.4) is 0 Å². The molecular formula is C12H19NO. The Morgan fingerprint density at radius 2 is 2.00 bits per heavy atom. The van der Waals surface area contributed by atoms with E-state index >= 15 is 0 Å². The smallest absolute Gasteiger partial charge is 0.119 e. The summed E-state index contributed by atoms with van der Waals surface area (Å²) < 4.78 is 0. The summed E-state index contributed by atoms with van der Waals surface area (Å²) in [5.74, 6) is 0.700. The number of phenols is 1. The summed E-state index contributed by atoms with van der Waals surface area (Å²) in [4.78, 5) is 0. The van der Waals surface area contributed by atoms with Crippen molar-refractivity contribution in [1.82, 2.24) is 0 Å². The van der Waals surface area contributed by atoms with Crippen molar-refractivity contribution < 1.29 is 5.11 Å². The number of hydrogen-bond acceptors (Lipinski definition) is 2. The highest BCUT2D eigenvalue weighted by Gasteiger charge is 2.09. The molecular weight excluding hydrogens is 174 g/mol. The van der Waals surface area contributed by atoms with Crippen molar-refractivity contribution in [2.75, 3.05) is 0 Å². The summed E-state index contributed by atoms with van der Waals surface area (Å²) in [6.07, 6.45) is 0.919. The summed E-state index contributed by atoms with van der Waals surface area (Å²) in [6, 6.07) is 5.72. The Kier molecular flexibility index (Phi) is 3.53. The van der Waals surface area contributed by atoms with Crippen LogP contribution in [0.15, 0.2) is 18.2 Å². The first-order valence-corrected chi connectivity index (χ1v) is 5.14. The van der Waals surface area contributed by atoms with E-state index in [1.807, 2.05) is 12.1 Å². The number of phenolic OH excluding ortho intramolecular Hbond substituents is 1. The van der Waals surface area contributed by atoms with E-state index in [9.17, 15) is 5.11 Å². The van der Waals surface area contributed by atoms with Gasteiger partial charge in [0, 0.05) is 6.04 Å². The minimum atomic E-state index is 0.0769. The van der Waals surface area contributed by atoms with Crippen LogP contribution in [0.1, 0.15) is 50.3 Å². The van der Waals surface area contributed by atoms with E-state index in [0.717, 1.165) is 17.5 Å². The third-order valence-corrected chi connectivity index (χ3v) is 2.54. The molecule has 0 radical (unpaired) electrons. The van der Waals surface area contributed by atoms with Crippen molar-refractivity contribution in [3.8, 4) is 5.75 Å². The van der Waals surface area contributed by atoms with Gasteiger partial charge >= 0.3 is 0 Å². The molecule has 0 saturated carbocycles. The van der Waals surface area contributed by atoms with Gasteiger partial charge in [0.05, 0.1) is 0 Å². The number of benzene rings is 1. The quantitative estimate of drug-likeness (QED) is 0.775. The highest BCUT2D eigenvalue weighted by Crippen LogP contribution is 2.28. The normalized spacial score (nSPS) is 13.2. The molecule has 0 aliphatic rings. The fourth-order valence-electron chi connectivity index (χ4n) is 1.50. The van der Waals surface area contributed by atoms with Crippen LogP contribution in [0.4, 0.5) is 0 Å². The monoisotopic (exact) mass is 193 g/mol. The standard InChI is InChI=1S/C12H19NO/c1-4-11(13)9-5-6-12(14)10(7-9)8(2)3/h5-8,11,14H,4,13H2,1-3H3. The van der Waals surface area contributed by atoms with Crippen molar-refractivity contribution in [2.24, 2.45) is 5.73 Å². The minimum absolute atomic E-state index is 0.0769. The predicted octanol–water partition coefficient (Wildman–Crippen LogP) is 2.93. The molecule has 1 aromatic rings. The molecule has 0 bridgehead atoms. The van der Waals surface area contributed by atoms with E-state index in [1.54, 1.807) is 6.07 Å². The summed E-state index contributed by atoms with van der Waals surface area (Å²) in [5.41, 5.74) is 8.02. The highest BCUT2D eigenvalue weighted by atomic mass is 16.3. The lowest BCUT2D eigenvalue weighted by Crippen LogP contribution is -2.09. The highest BCUT2D eigenvalue weighted by molar-refractivity contribution is 5.39. The number of hydrogen-bond donors (Lipinski definition) is 2. The second kappa shape index (κ2) is 4.47. The van der Waals surface area contributed by atoms with E-state index in [0.29, 0.717) is 11.7 Å². The van der Waals surface area contributed by atoms with Gasteiger partial charge in [-0.2, -0.15) is 0 Å². The Balaban J connectivity index is 3.06. The molecule has 1 atom stereocenters. The number of nitrogens with two attached hydrogens (primary N) is 1. The van der Waals surface area contributed by atoms with Gasteiger partial charge in [0.25, 0.3) is 0 Å². The van der Waals surface area contributed by atoms with Gasteiger partial charge in [-0.05, 0) is 29.5 Å².